The first-order valence-corrected chi connectivity index (χ1v) is 10.8. The maximum atomic E-state index is 13.3. The van der Waals surface area contributed by atoms with Crippen LogP contribution < -0.4 is 0 Å². The van der Waals surface area contributed by atoms with Gasteiger partial charge < -0.3 is 19.5 Å². The number of aldehydes is 1. The molecule has 1 aromatic rings. The highest BCUT2D eigenvalue weighted by Gasteiger charge is 2.85. The number of aliphatic hydroxyl groups is 1. The molecule has 0 amide bonds. The van der Waals surface area contributed by atoms with Crippen molar-refractivity contribution in [2.75, 3.05) is 0 Å². The van der Waals surface area contributed by atoms with E-state index in [-0.39, 0.29) is 24.4 Å². The monoisotopic (exact) mass is 399 g/mol. The van der Waals surface area contributed by atoms with Gasteiger partial charge in [0, 0.05) is 11.5 Å². The van der Waals surface area contributed by atoms with Crippen LogP contribution in [0.15, 0.2) is 22.2 Å². The molecule has 4 bridgehead atoms. The van der Waals surface area contributed by atoms with E-state index in [0.29, 0.717) is 36.1 Å². The Kier molecular flexibility index (Phi) is 3.81. The van der Waals surface area contributed by atoms with Crippen molar-refractivity contribution in [3.63, 3.8) is 0 Å². The van der Waals surface area contributed by atoms with Gasteiger partial charge in [-0.3, -0.25) is 4.79 Å². The molecule has 0 saturated heterocycles. The molecule has 0 aliphatic heterocycles. The number of aromatic nitrogens is 1. The number of fused-ring (bicyclic) bond motifs is 2. The van der Waals surface area contributed by atoms with Gasteiger partial charge in [0.25, 0.3) is 0 Å². The maximum Gasteiger partial charge on any atom is 0.315 e. The van der Waals surface area contributed by atoms with Crippen LogP contribution in [0.4, 0.5) is 0 Å². The lowest BCUT2D eigenvalue weighted by Crippen LogP contribution is -2.64. The topological polar surface area (TPSA) is 101 Å². The van der Waals surface area contributed by atoms with Gasteiger partial charge in [0.05, 0.1) is 11.1 Å². The van der Waals surface area contributed by atoms with Crippen molar-refractivity contribution in [1.82, 2.24) is 5.16 Å². The molecule has 4 aliphatic carbocycles. The fourth-order valence-electron chi connectivity index (χ4n) is 8.26. The number of hydrogen-bond acceptors (Lipinski definition) is 5. The van der Waals surface area contributed by atoms with E-state index >= 15 is 0 Å². The molecule has 0 radical (unpaired) electrons. The molecule has 0 aromatic carbocycles. The fraction of sp³-hybridized carbons (Fsp3) is 0.696. The predicted molar refractivity (Wildman–Crippen MR) is 104 cm³/mol. The number of carbonyl (C=O) groups excluding carboxylic acids is 1. The Morgan fingerprint density at radius 3 is 2.72 bits per heavy atom. The third kappa shape index (κ3) is 1.82. The van der Waals surface area contributed by atoms with Crippen molar-refractivity contribution in [2.45, 2.75) is 58.5 Å². The molecule has 3 fully saturated rings. The van der Waals surface area contributed by atoms with Gasteiger partial charge >= 0.3 is 5.97 Å². The number of aliphatic hydroxyl groups excluding tert-OH is 1. The van der Waals surface area contributed by atoms with E-state index in [4.69, 9.17) is 4.52 Å². The van der Waals surface area contributed by atoms with Crippen LogP contribution in [0.3, 0.4) is 0 Å². The number of carboxylic acid groups (broad SMARTS) is 1. The number of carboxylic acids is 1. The third-order valence-electron chi connectivity index (χ3n) is 9.10. The average Bonchev–Trinajstić information content (AvgIpc) is 3.41. The van der Waals surface area contributed by atoms with E-state index in [1.54, 1.807) is 6.07 Å². The van der Waals surface area contributed by atoms with Crippen LogP contribution in [0.5, 0.6) is 0 Å². The van der Waals surface area contributed by atoms with Crippen LogP contribution in [0.25, 0.3) is 0 Å². The Balaban J connectivity index is 1.85. The van der Waals surface area contributed by atoms with Crippen LogP contribution >= 0.6 is 0 Å². The molecule has 7 atom stereocenters. The molecule has 5 rings (SSSR count). The predicted octanol–water partition coefficient (Wildman–Crippen LogP) is 3.34. The lowest BCUT2D eigenvalue weighted by Gasteiger charge is -2.57. The molecule has 2 N–H and O–H groups in total. The minimum absolute atomic E-state index is 0.0229. The lowest BCUT2D eigenvalue weighted by molar-refractivity contribution is -0.172. The maximum absolute atomic E-state index is 13.3. The van der Waals surface area contributed by atoms with Crippen LogP contribution in [0.1, 0.15) is 57.9 Å². The van der Waals surface area contributed by atoms with Gasteiger partial charge in [-0.05, 0) is 48.9 Å². The van der Waals surface area contributed by atoms with Crippen LogP contribution in [0, 0.1) is 40.4 Å². The van der Waals surface area contributed by atoms with Crippen molar-refractivity contribution >= 4 is 12.3 Å². The van der Waals surface area contributed by atoms with Gasteiger partial charge in [-0.1, -0.05) is 44.0 Å². The summed E-state index contributed by atoms with van der Waals surface area (Å²) in [5.41, 5.74) is -1.53. The normalized spacial score (nSPS) is 44.8. The van der Waals surface area contributed by atoms with E-state index in [9.17, 15) is 19.8 Å². The first kappa shape index (κ1) is 19.0. The standard InChI is InChI=1S/C23H29NO5/c1-12(2)18-6-14-8-21(11-26)17-5-4-13(3)16(17)9-22(14,23(18,21)20(27)28)19-7-15(10-25)29-24-19/h6-7,11-14,16-17,25H,4-5,8-10H2,1-3H3,(H,27,28)/t13-,14?,16-,17-,21?,22?,23+/m1/s1. The summed E-state index contributed by atoms with van der Waals surface area (Å²) in [5, 5.41) is 24.7. The summed E-state index contributed by atoms with van der Waals surface area (Å²) in [6.45, 7) is 6.00. The summed E-state index contributed by atoms with van der Waals surface area (Å²) in [4.78, 5) is 26.2. The quantitative estimate of drug-likeness (QED) is 0.582. The van der Waals surface area contributed by atoms with Crippen LogP contribution in [-0.2, 0) is 21.6 Å². The number of rotatable bonds is 5. The second-order valence-electron chi connectivity index (χ2n) is 10.1. The van der Waals surface area contributed by atoms with Gasteiger partial charge in [-0.2, -0.15) is 0 Å². The molecule has 4 aliphatic rings. The zero-order valence-corrected chi connectivity index (χ0v) is 17.2. The third-order valence-corrected chi connectivity index (χ3v) is 9.10. The van der Waals surface area contributed by atoms with Crippen LogP contribution in [-0.4, -0.2) is 27.6 Å². The molecule has 3 saturated carbocycles. The Bertz CT molecular complexity index is 918. The van der Waals surface area contributed by atoms with E-state index in [1.807, 2.05) is 13.8 Å². The van der Waals surface area contributed by atoms with Gasteiger partial charge in [0.15, 0.2) is 5.76 Å². The summed E-state index contributed by atoms with van der Waals surface area (Å²) < 4.78 is 5.36. The highest BCUT2D eigenvalue weighted by atomic mass is 16.5. The summed E-state index contributed by atoms with van der Waals surface area (Å²) >= 11 is 0. The minimum Gasteiger partial charge on any atom is -0.481 e. The molecular weight excluding hydrogens is 370 g/mol. The van der Waals surface area contributed by atoms with Crippen molar-refractivity contribution in [2.24, 2.45) is 40.4 Å². The summed E-state index contributed by atoms with van der Waals surface area (Å²) in [6, 6.07) is 1.72. The molecule has 3 unspecified atom stereocenters. The molecule has 0 spiro atoms. The lowest BCUT2D eigenvalue weighted by atomic mass is 9.42. The Labute approximate surface area is 170 Å². The Morgan fingerprint density at radius 2 is 2.14 bits per heavy atom. The molecule has 29 heavy (non-hydrogen) atoms. The van der Waals surface area contributed by atoms with Crippen molar-refractivity contribution in [3.05, 3.63) is 29.2 Å². The Hall–Kier alpha value is -1.95. The highest BCUT2D eigenvalue weighted by Crippen LogP contribution is 2.82. The minimum atomic E-state index is -1.30. The largest absolute Gasteiger partial charge is 0.481 e. The van der Waals surface area contributed by atoms with E-state index in [0.717, 1.165) is 24.7 Å². The number of nitrogens with zero attached hydrogens (tertiary/aromatic N) is 1. The number of aliphatic carboxylic acids is 1. The zero-order valence-electron chi connectivity index (χ0n) is 17.2. The fourth-order valence-corrected chi connectivity index (χ4v) is 8.26. The number of allylic oxidation sites excluding steroid dienone is 1. The SMILES string of the molecule is CC(C)C1=CC2CC3(C=O)[C@@H]4CC[C@@H](C)[C@H]4CC2(c2cc(CO)on2)[C@]13C(=O)O. The smallest absolute Gasteiger partial charge is 0.315 e. The van der Waals surface area contributed by atoms with Crippen LogP contribution in [0.2, 0.25) is 0 Å². The second-order valence-corrected chi connectivity index (χ2v) is 10.1. The molecule has 1 heterocycles. The molecule has 6 nitrogen and oxygen atoms in total. The molecular formula is C23H29NO5. The zero-order chi connectivity index (χ0) is 20.8. The average molecular weight is 399 g/mol. The molecule has 1 aromatic heterocycles. The molecule has 6 heteroatoms. The number of carbonyl (C=O) groups is 2. The summed E-state index contributed by atoms with van der Waals surface area (Å²) in [7, 11) is 0. The first-order chi connectivity index (χ1) is 13.8. The Morgan fingerprint density at radius 1 is 1.38 bits per heavy atom. The van der Waals surface area contributed by atoms with Crippen molar-refractivity contribution in [1.29, 1.82) is 0 Å². The van der Waals surface area contributed by atoms with E-state index in [1.165, 1.54) is 0 Å². The van der Waals surface area contributed by atoms with E-state index < -0.39 is 22.2 Å². The van der Waals surface area contributed by atoms with Gasteiger partial charge in [0.2, 0.25) is 0 Å². The van der Waals surface area contributed by atoms with E-state index in [2.05, 4.69) is 18.2 Å². The first-order valence-electron chi connectivity index (χ1n) is 10.8. The van der Waals surface area contributed by atoms with Gasteiger partial charge in [-0.25, -0.2) is 0 Å². The molecule has 156 valence electrons. The van der Waals surface area contributed by atoms with Crippen molar-refractivity contribution < 1.29 is 24.3 Å². The summed E-state index contributed by atoms with van der Waals surface area (Å²) in [6.07, 6.45) is 6.35. The summed E-state index contributed by atoms with van der Waals surface area (Å²) in [5.74, 6) is 0.240. The van der Waals surface area contributed by atoms with Crippen molar-refractivity contribution in [3.8, 4) is 0 Å². The number of hydrogen-bond donors (Lipinski definition) is 2. The van der Waals surface area contributed by atoms with Gasteiger partial charge in [0.1, 0.15) is 18.3 Å². The van der Waals surface area contributed by atoms with Gasteiger partial charge in [-0.15, -0.1) is 0 Å². The highest BCUT2D eigenvalue weighted by molar-refractivity contribution is 5.92. The second kappa shape index (κ2) is 5.81.